The summed E-state index contributed by atoms with van der Waals surface area (Å²) in [5.41, 5.74) is 2.22. The maximum absolute atomic E-state index is 10.7. The second kappa shape index (κ2) is 5.27. The topological polar surface area (TPSA) is 41.1 Å². The zero-order valence-electron chi connectivity index (χ0n) is 8.63. The number of carbonyl (C=O) groups excluding carboxylic acids is 1. The zero-order chi connectivity index (χ0) is 10.4. The minimum Gasteiger partial charge on any atom is -0.385 e. The molecule has 0 saturated carbocycles. The Morgan fingerprint density at radius 2 is 1.93 bits per heavy atom. The third-order valence-electron chi connectivity index (χ3n) is 1.88. The lowest BCUT2D eigenvalue weighted by molar-refractivity contribution is -0.119. The van der Waals surface area contributed by atoms with Crippen LogP contribution in [0.5, 0.6) is 0 Å². The average molecular weight is 192 g/mol. The number of hydrogen-bond acceptors (Lipinski definition) is 2. The molecule has 0 aliphatic carbocycles. The highest BCUT2D eigenvalue weighted by atomic mass is 16.1. The maximum Gasteiger partial charge on any atom is 0.217 e. The van der Waals surface area contributed by atoms with E-state index in [1.807, 2.05) is 24.3 Å². The fraction of sp³-hybridized carbons (Fsp3) is 0.364. The number of carbonyl (C=O) groups is 1. The van der Waals surface area contributed by atoms with E-state index in [2.05, 4.69) is 17.6 Å². The first-order chi connectivity index (χ1) is 6.72. The van der Waals surface area contributed by atoms with Crippen LogP contribution in [0.1, 0.15) is 19.4 Å². The summed E-state index contributed by atoms with van der Waals surface area (Å²) in [6, 6.07) is 8.04. The molecule has 1 aromatic carbocycles. The van der Waals surface area contributed by atoms with Gasteiger partial charge in [0.2, 0.25) is 5.91 Å². The number of rotatable bonds is 4. The Hall–Kier alpha value is -1.51. The Labute approximate surface area is 84.5 Å². The van der Waals surface area contributed by atoms with Crippen LogP contribution in [0.15, 0.2) is 24.3 Å². The van der Waals surface area contributed by atoms with Crippen molar-refractivity contribution in [3.63, 3.8) is 0 Å². The largest absolute Gasteiger partial charge is 0.385 e. The quantitative estimate of drug-likeness (QED) is 0.763. The van der Waals surface area contributed by atoms with Crippen LogP contribution in [0, 0.1) is 0 Å². The molecule has 0 bridgehead atoms. The lowest BCUT2D eigenvalue weighted by Gasteiger charge is -2.05. The van der Waals surface area contributed by atoms with E-state index in [9.17, 15) is 4.79 Å². The van der Waals surface area contributed by atoms with Crippen molar-refractivity contribution >= 4 is 11.6 Å². The van der Waals surface area contributed by atoms with Gasteiger partial charge in [-0.1, -0.05) is 12.1 Å². The lowest BCUT2D eigenvalue weighted by Crippen LogP contribution is -2.18. The van der Waals surface area contributed by atoms with Gasteiger partial charge in [0.1, 0.15) is 0 Å². The van der Waals surface area contributed by atoms with Gasteiger partial charge in [-0.2, -0.15) is 0 Å². The summed E-state index contributed by atoms with van der Waals surface area (Å²) in [6.07, 6.45) is 0. The van der Waals surface area contributed by atoms with Gasteiger partial charge in [0, 0.05) is 25.7 Å². The summed E-state index contributed by atoms with van der Waals surface area (Å²) < 4.78 is 0. The number of benzene rings is 1. The van der Waals surface area contributed by atoms with Gasteiger partial charge in [-0.3, -0.25) is 4.79 Å². The Morgan fingerprint density at radius 3 is 2.43 bits per heavy atom. The molecule has 76 valence electrons. The van der Waals surface area contributed by atoms with E-state index < -0.39 is 0 Å². The lowest BCUT2D eigenvalue weighted by atomic mass is 10.2. The SMILES string of the molecule is CCNc1ccc(CNC(C)=O)cc1. The van der Waals surface area contributed by atoms with E-state index in [1.54, 1.807) is 0 Å². The Bertz CT molecular complexity index is 293. The highest BCUT2D eigenvalue weighted by Crippen LogP contribution is 2.08. The summed E-state index contributed by atoms with van der Waals surface area (Å²) in [5.74, 6) is 0.000703. The minimum atomic E-state index is 0.000703. The van der Waals surface area contributed by atoms with Crippen molar-refractivity contribution < 1.29 is 4.79 Å². The Balaban J connectivity index is 2.50. The molecule has 0 aliphatic rings. The van der Waals surface area contributed by atoms with Gasteiger partial charge < -0.3 is 10.6 Å². The van der Waals surface area contributed by atoms with Crippen molar-refractivity contribution in [3.05, 3.63) is 29.8 Å². The second-order valence-electron chi connectivity index (χ2n) is 3.14. The molecule has 1 amide bonds. The highest BCUT2D eigenvalue weighted by molar-refractivity contribution is 5.72. The normalized spacial score (nSPS) is 9.57. The van der Waals surface area contributed by atoms with Crippen LogP contribution in [-0.2, 0) is 11.3 Å². The first-order valence-corrected chi connectivity index (χ1v) is 4.79. The maximum atomic E-state index is 10.7. The first-order valence-electron chi connectivity index (χ1n) is 4.79. The molecule has 0 spiro atoms. The minimum absolute atomic E-state index is 0.000703. The van der Waals surface area contributed by atoms with Gasteiger partial charge in [-0.25, -0.2) is 0 Å². The van der Waals surface area contributed by atoms with Crippen molar-refractivity contribution in [1.29, 1.82) is 0 Å². The van der Waals surface area contributed by atoms with Crippen LogP contribution in [0.4, 0.5) is 5.69 Å². The van der Waals surface area contributed by atoms with Crippen molar-refractivity contribution in [3.8, 4) is 0 Å². The smallest absolute Gasteiger partial charge is 0.217 e. The molecule has 0 radical (unpaired) electrons. The molecule has 0 heterocycles. The molecular weight excluding hydrogens is 176 g/mol. The van der Waals surface area contributed by atoms with Crippen LogP contribution < -0.4 is 10.6 Å². The fourth-order valence-corrected chi connectivity index (χ4v) is 1.17. The highest BCUT2D eigenvalue weighted by Gasteiger charge is 1.94. The van der Waals surface area contributed by atoms with Crippen LogP contribution >= 0.6 is 0 Å². The summed E-state index contributed by atoms with van der Waals surface area (Å²) >= 11 is 0. The molecule has 0 unspecified atom stereocenters. The molecule has 3 nitrogen and oxygen atoms in total. The van der Waals surface area contributed by atoms with E-state index in [0.717, 1.165) is 17.8 Å². The molecule has 1 rings (SSSR count). The molecule has 14 heavy (non-hydrogen) atoms. The van der Waals surface area contributed by atoms with E-state index in [0.29, 0.717) is 6.54 Å². The van der Waals surface area contributed by atoms with Gasteiger partial charge in [-0.05, 0) is 24.6 Å². The van der Waals surface area contributed by atoms with Crippen molar-refractivity contribution in [2.75, 3.05) is 11.9 Å². The van der Waals surface area contributed by atoms with Crippen LogP contribution in [0.25, 0.3) is 0 Å². The third-order valence-corrected chi connectivity index (χ3v) is 1.88. The molecule has 0 saturated heterocycles. The van der Waals surface area contributed by atoms with Crippen LogP contribution in [0.2, 0.25) is 0 Å². The molecule has 0 atom stereocenters. The Kier molecular flexibility index (Phi) is 3.98. The molecule has 3 heteroatoms. The van der Waals surface area contributed by atoms with Gasteiger partial charge in [0.05, 0.1) is 0 Å². The summed E-state index contributed by atoms with van der Waals surface area (Å²) in [4.78, 5) is 10.7. The van der Waals surface area contributed by atoms with E-state index in [1.165, 1.54) is 6.92 Å². The summed E-state index contributed by atoms with van der Waals surface area (Å²) in [5, 5.41) is 5.97. The number of nitrogens with one attached hydrogen (secondary N) is 2. The predicted molar refractivity (Wildman–Crippen MR) is 58.1 cm³/mol. The van der Waals surface area contributed by atoms with E-state index >= 15 is 0 Å². The Morgan fingerprint density at radius 1 is 1.29 bits per heavy atom. The fourth-order valence-electron chi connectivity index (χ4n) is 1.17. The van der Waals surface area contributed by atoms with Crippen molar-refractivity contribution in [1.82, 2.24) is 5.32 Å². The molecule has 0 aromatic heterocycles. The standard InChI is InChI=1S/C11H16N2O/c1-3-12-11-6-4-10(5-7-11)8-13-9(2)14/h4-7,12H,3,8H2,1-2H3,(H,13,14). The van der Waals surface area contributed by atoms with Gasteiger partial charge >= 0.3 is 0 Å². The van der Waals surface area contributed by atoms with E-state index in [4.69, 9.17) is 0 Å². The monoisotopic (exact) mass is 192 g/mol. The van der Waals surface area contributed by atoms with Crippen LogP contribution in [-0.4, -0.2) is 12.5 Å². The number of anilines is 1. The average Bonchev–Trinajstić information content (AvgIpc) is 2.17. The van der Waals surface area contributed by atoms with Crippen LogP contribution in [0.3, 0.4) is 0 Å². The van der Waals surface area contributed by atoms with Crippen molar-refractivity contribution in [2.24, 2.45) is 0 Å². The summed E-state index contributed by atoms with van der Waals surface area (Å²) in [7, 11) is 0. The first kappa shape index (κ1) is 10.6. The van der Waals surface area contributed by atoms with Gasteiger partial charge in [-0.15, -0.1) is 0 Å². The number of hydrogen-bond donors (Lipinski definition) is 2. The van der Waals surface area contributed by atoms with Gasteiger partial charge in [0.15, 0.2) is 0 Å². The summed E-state index contributed by atoms with van der Waals surface area (Å²) in [6.45, 7) is 5.10. The molecule has 2 N–H and O–H groups in total. The molecular formula is C11H16N2O. The second-order valence-corrected chi connectivity index (χ2v) is 3.14. The van der Waals surface area contributed by atoms with E-state index in [-0.39, 0.29) is 5.91 Å². The molecule has 1 aromatic rings. The molecule has 0 fully saturated rings. The molecule has 0 aliphatic heterocycles. The number of amides is 1. The zero-order valence-corrected chi connectivity index (χ0v) is 8.63. The van der Waals surface area contributed by atoms with Crippen molar-refractivity contribution in [2.45, 2.75) is 20.4 Å². The third kappa shape index (κ3) is 3.47. The van der Waals surface area contributed by atoms with Gasteiger partial charge in [0.25, 0.3) is 0 Å². The predicted octanol–water partition coefficient (Wildman–Crippen LogP) is 1.75.